The largest absolute Gasteiger partial charge is 3.00 e. The van der Waals surface area contributed by atoms with Gasteiger partial charge in [0.05, 0.1) is 0 Å². The molecule has 0 aliphatic heterocycles. The maximum atomic E-state index is 8.92. The molecule has 0 heterocycles. The molecule has 6 heavy (non-hydrogen) atoms. The summed E-state index contributed by atoms with van der Waals surface area (Å²) in [5.41, 5.74) is 0. The van der Waals surface area contributed by atoms with Crippen LogP contribution in [0.3, 0.4) is 0 Å². The first kappa shape index (κ1) is 10.1. The van der Waals surface area contributed by atoms with E-state index in [0.29, 0.717) is 0 Å². The monoisotopic (exact) mass is 167 g/mol. The summed E-state index contributed by atoms with van der Waals surface area (Å²) in [7, 11) is 0. The van der Waals surface area contributed by atoms with Crippen molar-refractivity contribution in [1.29, 1.82) is 0 Å². The van der Waals surface area contributed by atoms with Crippen molar-refractivity contribution in [1.82, 2.24) is 0 Å². The van der Waals surface area contributed by atoms with Gasteiger partial charge in [-0.1, -0.05) is 0 Å². The van der Waals surface area contributed by atoms with Crippen molar-refractivity contribution in [3.05, 3.63) is 0 Å². The van der Waals surface area contributed by atoms with E-state index < -0.39 is 6.72 Å². The Morgan fingerprint density at radius 1 is 1.17 bits per heavy atom. The molecule has 37 valence electrons. The van der Waals surface area contributed by atoms with Gasteiger partial charge in [0.25, 0.3) is 0 Å². The molecule has 0 aliphatic rings. The fraction of sp³-hybridized carbons (Fsp3) is 0. The van der Waals surface area contributed by atoms with E-state index in [9.17, 15) is 0 Å². The molecule has 0 N–H and O–H groups in total. The summed E-state index contributed by atoms with van der Waals surface area (Å²) in [5.74, 6) is 0. The molecule has 3 nitrogen and oxygen atoms in total. The Balaban J connectivity index is 0. The van der Waals surface area contributed by atoms with Crippen molar-refractivity contribution in [3.8, 4) is 0 Å². The first-order chi connectivity index (χ1) is 2.00. The van der Waals surface area contributed by atoms with Crippen molar-refractivity contribution >= 4 is 18.5 Å². The van der Waals surface area contributed by atoms with Crippen LogP contribution in [0.25, 0.3) is 0 Å². The molecule has 0 saturated heterocycles. The van der Waals surface area contributed by atoms with Crippen LogP contribution >= 0.6 is 6.72 Å². The van der Waals surface area contributed by atoms with Crippen LogP contribution in [0, 0.1) is 0 Å². The predicted octanol–water partition coefficient (Wildman–Crippen LogP) is -2.71. The van der Waals surface area contributed by atoms with Crippen LogP contribution in [0.2, 0.25) is 0 Å². The molecule has 0 rings (SSSR count). The van der Waals surface area contributed by atoms with E-state index in [0.717, 1.165) is 0 Å². The van der Waals surface area contributed by atoms with Gasteiger partial charge < -0.3 is 21.4 Å². The van der Waals surface area contributed by atoms with E-state index in [1.54, 1.807) is 0 Å². The molecule has 0 bridgehead atoms. The summed E-state index contributed by atoms with van der Waals surface area (Å²) in [6.07, 6.45) is 0. The van der Waals surface area contributed by atoms with E-state index in [1.807, 2.05) is 0 Å². The smallest absolute Gasteiger partial charge is 0.844 e. The Bertz CT molecular complexity index is 56.9. The maximum absolute atomic E-state index is 8.92. The van der Waals surface area contributed by atoms with Gasteiger partial charge in [0.15, 0.2) is 0 Å². The molecule has 0 unspecified atom stereocenters. The average molecular weight is 167 g/mol. The average Bonchev–Trinajstić information content (AvgIpc) is 0.722. The molecule has 0 spiro atoms. The Morgan fingerprint density at radius 2 is 1.17 bits per heavy atom. The molecule has 6 heteroatoms. The third-order valence-corrected chi connectivity index (χ3v) is 0. The summed E-state index contributed by atoms with van der Waals surface area (Å²) in [6.45, 7) is -4.56. The van der Waals surface area contributed by atoms with Crippen LogP contribution in [-0.2, 0) is 28.9 Å². The molecular weight excluding hydrogens is 167 g/mol. The normalized spacial score (nSPS) is 9.83. The van der Waals surface area contributed by atoms with Crippen LogP contribution < -0.4 is 14.7 Å². The van der Waals surface area contributed by atoms with Gasteiger partial charge in [0.1, 0.15) is 0 Å². The van der Waals surface area contributed by atoms with E-state index >= 15 is 0 Å². The minimum Gasteiger partial charge on any atom is -0.844 e. The SMILES string of the molecule is [Fe+3].[O-]P([O-])([O-])=S. The van der Waals surface area contributed by atoms with Gasteiger partial charge in [-0.25, -0.2) is 0 Å². The van der Waals surface area contributed by atoms with E-state index in [1.165, 1.54) is 0 Å². The van der Waals surface area contributed by atoms with E-state index in [4.69, 9.17) is 14.7 Å². The van der Waals surface area contributed by atoms with Crippen LogP contribution in [0.4, 0.5) is 0 Å². The summed E-state index contributed by atoms with van der Waals surface area (Å²) >= 11 is 3.27. The van der Waals surface area contributed by atoms with Gasteiger partial charge >= 0.3 is 17.1 Å². The van der Waals surface area contributed by atoms with Crippen molar-refractivity contribution in [2.24, 2.45) is 0 Å². The van der Waals surface area contributed by atoms with E-state index in [-0.39, 0.29) is 17.1 Å². The second-order valence-corrected chi connectivity index (χ2v) is 2.68. The summed E-state index contributed by atoms with van der Waals surface area (Å²) in [6, 6.07) is 0. The van der Waals surface area contributed by atoms with Gasteiger partial charge in [0.2, 0.25) is 0 Å². The molecule has 0 aliphatic carbocycles. The third-order valence-electron chi connectivity index (χ3n) is 0. The molecule has 0 saturated carbocycles. The summed E-state index contributed by atoms with van der Waals surface area (Å²) in [5, 5.41) is 0. The fourth-order valence-corrected chi connectivity index (χ4v) is 0. The second-order valence-electron chi connectivity index (χ2n) is 0.447. The van der Waals surface area contributed by atoms with Gasteiger partial charge in [-0.05, 0) is 0 Å². The van der Waals surface area contributed by atoms with Crippen molar-refractivity contribution in [2.75, 3.05) is 0 Å². The quantitative estimate of drug-likeness (QED) is 0.290. The molecule has 0 fully saturated rings. The first-order valence-corrected chi connectivity index (χ1v) is 3.29. The standard InChI is InChI=1S/Fe.H3O3PS/c;1-4(2,3)5/h;(H3,1,2,3,5)/q+3;/p-3. The number of hydrogen-bond acceptors (Lipinski definition) is 4. The van der Waals surface area contributed by atoms with E-state index in [2.05, 4.69) is 11.8 Å². The minimum absolute atomic E-state index is 0. The molecule has 0 aromatic heterocycles. The zero-order valence-electron chi connectivity index (χ0n) is 2.43. The van der Waals surface area contributed by atoms with Crippen molar-refractivity contribution < 1.29 is 31.7 Å². The number of hydrogen-bond donors (Lipinski definition) is 0. The Hall–Kier alpha value is 1.05. The molecule has 0 amide bonds. The minimum atomic E-state index is -4.56. The van der Waals surface area contributed by atoms with Crippen LogP contribution in [0.15, 0.2) is 0 Å². The third kappa shape index (κ3) is 75.2. The fourth-order valence-electron chi connectivity index (χ4n) is 0. The van der Waals surface area contributed by atoms with Crippen molar-refractivity contribution in [3.63, 3.8) is 0 Å². The van der Waals surface area contributed by atoms with Gasteiger partial charge in [-0.15, -0.1) is 0 Å². The first-order valence-electron chi connectivity index (χ1n) is 0.730. The topological polar surface area (TPSA) is 69.2 Å². The van der Waals surface area contributed by atoms with Crippen LogP contribution in [-0.4, -0.2) is 0 Å². The molecule has 0 atom stereocenters. The molecule has 0 aromatic carbocycles. The maximum Gasteiger partial charge on any atom is 3.00 e. The molecule has 1 radical (unpaired) electrons. The van der Waals surface area contributed by atoms with Gasteiger partial charge in [-0.2, -0.15) is 11.8 Å². The number of rotatable bonds is 0. The molecular formula is FeO3PS. The van der Waals surface area contributed by atoms with Crippen LogP contribution in [0.5, 0.6) is 0 Å². The zero-order chi connectivity index (χ0) is 4.50. The second kappa shape index (κ2) is 3.10. The summed E-state index contributed by atoms with van der Waals surface area (Å²) in [4.78, 5) is 26.8. The van der Waals surface area contributed by atoms with Gasteiger partial charge in [0, 0.05) is 0 Å². The Kier molecular flexibility index (Phi) is 5.23. The Morgan fingerprint density at radius 3 is 1.17 bits per heavy atom. The molecule has 0 aromatic rings. The predicted molar refractivity (Wildman–Crippen MR) is 14.3 cm³/mol. The Labute approximate surface area is 50.7 Å². The van der Waals surface area contributed by atoms with Crippen molar-refractivity contribution in [2.45, 2.75) is 0 Å². The van der Waals surface area contributed by atoms with Crippen LogP contribution in [0.1, 0.15) is 0 Å². The summed E-state index contributed by atoms with van der Waals surface area (Å²) < 4.78 is 0. The zero-order valence-corrected chi connectivity index (χ0v) is 5.25. The van der Waals surface area contributed by atoms with Gasteiger partial charge in [-0.3, -0.25) is 0 Å².